The number of carbonyl (C=O) groups is 5. The Balaban J connectivity index is 1.63. The predicted molar refractivity (Wildman–Crippen MR) is 162 cm³/mol. The lowest BCUT2D eigenvalue weighted by molar-refractivity contribution is -0.174. The molecule has 0 aromatic rings. The van der Waals surface area contributed by atoms with Gasteiger partial charge in [0, 0.05) is 46.0 Å². The molecule has 0 amide bonds. The number of carbonyl (C=O) groups excluding carboxylic acids is 5. The van der Waals surface area contributed by atoms with Crippen LogP contribution < -0.4 is 0 Å². The Hall–Kier alpha value is -2.45. The van der Waals surface area contributed by atoms with Crippen molar-refractivity contribution in [1.29, 1.82) is 0 Å². The van der Waals surface area contributed by atoms with E-state index in [9.17, 15) is 24.0 Å². The molecule has 0 heterocycles. The van der Waals surface area contributed by atoms with Gasteiger partial charge in [0.15, 0.2) is 0 Å². The number of Topliss-reactive ketones (excluding diaryl/α,β-unsaturated/α-hetero) is 1. The lowest BCUT2D eigenvalue weighted by Gasteiger charge is -2.60. The molecule has 12 atom stereocenters. The van der Waals surface area contributed by atoms with Crippen LogP contribution in [0.15, 0.2) is 0 Å². The van der Waals surface area contributed by atoms with E-state index in [1.165, 1.54) is 27.7 Å². The molecule has 0 bridgehead atoms. The molecule has 4 aliphatic rings. The van der Waals surface area contributed by atoms with Crippen molar-refractivity contribution in [1.82, 2.24) is 0 Å². The Bertz CT molecular complexity index is 1130. The molecule has 44 heavy (non-hydrogen) atoms. The first-order chi connectivity index (χ1) is 20.5. The van der Waals surface area contributed by atoms with Gasteiger partial charge in [0.1, 0.15) is 30.2 Å². The summed E-state index contributed by atoms with van der Waals surface area (Å²) in [4.78, 5) is 62.1. The summed E-state index contributed by atoms with van der Waals surface area (Å²) in [5, 5.41) is 0. The molecule has 248 valence electrons. The predicted octanol–water partition coefficient (Wildman–Crippen LogP) is 5.84. The van der Waals surface area contributed by atoms with Crippen molar-refractivity contribution < 1.29 is 42.9 Å². The fraction of sp³-hybridized carbons (Fsp3) is 0.857. The van der Waals surface area contributed by atoms with E-state index in [-0.39, 0.29) is 76.3 Å². The third kappa shape index (κ3) is 6.72. The third-order valence-corrected chi connectivity index (χ3v) is 12.0. The first-order valence-electron chi connectivity index (χ1n) is 16.7. The minimum absolute atomic E-state index is 0.0131. The van der Waals surface area contributed by atoms with Crippen LogP contribution >= 0.6 is 0 Å². The summed E-state index contributed by atoms with van der Waals surface area (Å²) in [6.45, 7) is 16.2. The van der Waals surface area contributed by atoms with E-state index in [2.05, 4.69) is 20.8 Å². The summed E-state index contributed by atoms with van der Waals surface area (Å²) in [5.74, 6) is -0.641. The van der Waals surface area contributed by atoms with E-state index in [0.29, 0.717) is 31.6 Å². The molecule has 0 aliphatic heterocycles. The van der Waals surface area contributed by atoms with Gasteiger partial charge >= 0.3 is 23.9 Å². The van der Waals surface area contributed by atoms with Crippen molar-refractivity contribution >= 4 is 29.7 Å². The largest absolute Gasteiger partial charge is 0.463 e. The maximum Gasteiger partial charge on any atom is 0.303 e. The highest BCUT2D eigenvalue weighted by atomic mass is 16.6. The number of fused-ring (bicyclic) bond motifs is 5. The zero-order valence-corrected chi connectivity index (χ0v) is 28.2. The minimum Gasteiger partial charge on any atom is -0.463 e. The minimum atomic E-state index is -0.633. The van der Waals surface area contributed by atoms with Gasteiger partial charge in [-0.3, -0.25) is 24.0 Å². The first kappa shape index (κ1) is 34.4. The summed E-state index contributed by atoms with van der Waals surface area (Å²) in [5.41, 5.74) is -0.331. The topological polar surface area (TPSA) is 122 Å². The average Bonchev–Trinajstić information content (AvgIpc) is 3.18. The van der Waals surface area contributed by atoms with Crippen LogP contribution in [0.1, 0.15) is 114 Å². The fourth-order valence-corrected chi connectivity index (χ4v) is 10.5. The average molecular weight is 619 g/mol. The van der Waals surface area contributed by atoms with E-state index in [0.717, 1.165) is 25.7 Å². The molecule has 0 spiro atoms. The molecular weight excluding hydrogens is 564 g/mol. The molecule has 0 N–H and O–H groups in total. The van der Waals surface area contributed by atoms with Gasteiger partial charge in [-0.15, -0.1) is 0 Å². The Labute approximate surface area is 262 Å². The zero-order valence-electron chi connectivity index (χ0n) is 28.2. The second kappa shape index (κ2) is 13.1. The van der Waals surface area contributed by atoms with Crippen LogP contribution in [0.25, 0.3) is 0 Å². The van der Waals surface area contributed by atoms with Crippen LogP contribution in [-0.2, 0) is 42.9 Å². The van der Waals surface area contributed by atoms with E-state index in [4.69, 9.17) is 18.9 Å². The van der Waals surface area contributed by atoms with E-state index >= 15 is 0 Å². The van der Waals surface area contributed by atoms with Gasteiger partial charge in [-0.1, -0.05) is 34.6 Å². The van der Waals surface area contributed by atoms with E-state index in [1.807, 2.05) is 13.8 Å². The maximum absolute atomic E-state index is 13.8. The van der Waals surface area contributed by atoms with Gasteiger partial charge in [-0.2, -0.15) is 0 Å². The highest BCUT2D eigenvalue weighted by Crippen LogP contribution is 2.68. The van der Waals surface area contributed by atoms with Crippen molar-refractivity contribution in [3.63, 3.8) is 0 Å². The van der Waals surface area contributed by atoms with Crippen molar-refractivity contribution in [2.75, 3.05) is 0 Å². The molecule has 0 aromatic heterocycles. The number of esters is 4. The van der Waals surface area contributed by atoms with Gasteiger partial charge in [0.05, 0.1) is 0 Å². The lowest BCUT2D eigenvalue weighted by Crippen LogP contribution is -2.57. The molecular formula is C35H54O9. The molecule has 0 radical (unpaired) electrons. The van der Waals surface area contributed by atoms with Crippen LogP contribution in [0, 0.1) is 52.3 Å². The van der Waals surface area contributed by atoms with Gasteiger partial charge in [-0.25, -0.2) is 0 Å². The molecule has 4 saturated carbocycles. The highest BCUT2D eigenvalue weighted by Gasteiger charge is 2.65. The van der Waals surface area contributed by atoms with Crippen molar-refractivity contribution in [3.8, 4) is 0 Å². The molecule has 0 unspecified atom stereocenters. The van der Waals surface area contributed by atoms with E-state index < -0.39 is 24.1 Å². The summed E-state index contributed by atoms with van der Waals surface area (Å²) < 4.78 is 23.1. The van der Waals surface area contributed by atoms with Crippen LogP contribution in [0.5, 0.6) is 0 Å². The third-order valence-electron chi connectivity index (χ3n) is 12.0. The zero-order chi connectivity index (χ0) is 32.7. The Morgan fingerprint density at radius 2 is 1.41 bits per heavy atom. The summed E-state index contributed by atoms with van der Waals surface area (Å²) in [6, 6.07) is 0. The van der Waals surface area contributed by atoms with Crippen LogP contribution in [0.2, 0.25) is 0 Å². The quantitative estimate of drug-likeness (QED) is 0.232. The van der Waals surface area contributed by atoms with Gasteiger partial charge in [0.2, 0.25) is 0 Å². The molecule has 0 aromatic carbocycles. The summed E-state index contributed by atoms with van der Waals surface area (Å²) >= 11 is 0. The Morgan fingerprint density at radius 1 is 0.795 bits per heavy atom. The van der Waals surface area contributed by atoms with Gasteiger partial charge in [-0.05, 0) is 85.4 Å². The van der Waals surface area contributed by atoms with Crippen LogP contribution in [-0.4, -0.2) is 54.1 Å². The smallest absolute Gasteiger partial charge is 0.303 e. The number of rotatable bonds is 9. The van der Waals surface area contributed by atoms with Crippen molar-refractivity contribution in [2.45, 2.75) is 138 Å². The normalized spacial score (nSPS) is 38.3. The second-order valence-corrected chi connectivity index (χ2v) is 15.2. The van der Waals surface area contributed by atoms with Crippen LogP contribution in [0.4, 0.5) is 0 Å². The fourth-order valence-electron chi connectivity index (χ4n) is 10.5. The molecule has 0 saturated heterocycles. The molecule has 4 fully saturated rings. The number of ketones is 1. The van der Waals surface area contributed by atoms with E-state index in [1.54, 1.807) is 0 Å². The summed E-state index contributed by atoms with van der Waals surface area (Å²) in [6.07, 6.45) is 4.10. The molecule has 9 nitrogen and oxygen atoms in total. The molecule has 4 aliphatic carbocycles. The van der Waals surface area contributed by atoms with Crippen LogP contribution in [0.3, 0.4) is 0 Å². The SMILES string of the molecule is CC(=O)O[C@H]1CC[C@@]2(C)[C@H](C1)C(=O)C[C@@H]1[C@H]3C[C@H](OC(C)=O)[C@H]([C@H](C)C[C@H](OC(C)=O)[C@@H](OC(C)=O)C(C)C)[C@@]3(C)CC[C@@H]12. The van der Waals surface area contributed by atoms with Gasteiger partial charge < -0.3 is 18.9 Å². The highest BCUT2D eigenvalue weighted by molar-refractivity contribution is 5.83. The number of hydrogen-bond acceptors (Lipinski definition) is 9. The monoisotopic (exact) mass is 618 g/mol. The number of ether oxygens (including phenoxy) is 4. The molecule has 4 rings (SSSR count). The van der Waals surface area contributed by atoms with Gasteiger partial charge in [0.25, 0.3) is 0 Å². The maximum atomic E-state index is 13.8. The lowest BCUT2D eigenvalue weighted by atomic mass is 9.44. The number of hydrogen-bond donors (Lipinski definition) is 0. The Morgan fingerprint density at radius 3 is 1.98 bits per heavy atom. The molecule has 9 heteroatoms. The summed E-state index contributed by atoms with van der Waals surface area (Å²) in [7, 11) is 0. The van der Waals surface area contributed by atoms with Crippen molar-refractivity contribution in [2.24, 2.45) is 52.3 Å². The Kier molecular flexibility index (Phi) is 10.3. The second-order valence-electron chi connectivity index (χ2n) is 15.2. The standard InChI is InChI=1S/C35H54O9/c1-18(2)33(44-23(7)39)31(43-22(6)38)14-19(3)32-30(42-21(5)37)17-27-25-16-29(40)28-15-24(41-20(4)36)10-12-34(28,8)26(25)11-13-35(27,32)9/h18-19,24-28,30-33H,10-17H2,1-9H3/t19-,24+,25+,26+,27-,28-,30+,31+,32+,33+,34-,35+/m1/s1. The first-order valence-corrected chi connectivity index (χ1v) is 16.7. The van der Waals surface area contributed by atoms with Crippen molar-refractivity contribution in [3.05, 3.63) is 0 Å².